The van der Waals surface area contributed by atoms with Gasteiger partial charge < -0.3 is 15.6 Å². The zero-order valence-corrected chi connectivity index (χ0v) is 17.0. The Labute approximate surface area is 178 Å². The molecule has 2 aromatic heterocycles. The van der Waals surface area contributed by atoms with Crippen LogP contribution in [0.3, 0.4) is 0 Å². The number of likely N-dealkylation sites (tertiary alicyclic amines) is 1. The fraction of sp³-hybridized carbons (Fsp3) is 0.227. The summed E-state index contributed by atoms with van der Waals surface area (Å²) in [6.45, 7) is 1.77. The molecule has 1 aliphatic rings. The number of fused-ring (bicyclic) bond motifs is 2. The van der Waals surface area contributed by atoms with Gasteiger partial charge in [0.05, 0.1) is 29.1 Å². The molecule has 1 fully saturated rings. The molecule has 7 nitrogen and oxygen atoms in total. The van der Waals surface area contributed by atoms with Gasteiger partial charge in [-0.05, 0) is 42.3 Å². The lowest BCUT2D eigenvalue weighted by Gasteiger charge is -2.17. The molecule has 152 valence electrons. The molecule has 0 saturated carbocycles. The summed E-state index contributed by atoms with van der Waals surface area (Å²) in [4.78, 5) is 26.9. The fourth-order valence-corrected chi connectivity index (χ4v) is 4.13. The Hall–Kier alpha value is -3.16. The first-order valence-corrected chi connectivity index (χ1v) is 10.2. The number of halogens is 1. The molecule has 1 aliphatic heterocycles. The molecule has 3 heterocycles. The third kappa shape index (κ3) is 3.58. The smallest absolute Gasteiger partial charge is 0.240 e. The number of carbonyl (C=O) groups excluding carboxylic acids is 1. The number of nitrogens with zero attached hydrogens (tertiary/aromatic N) is 3. The summed E-state index contributed by atoms with van der Waals surface area (Å²) in [6, 6.07) is 13.1. The summed E-state index contributed by atoms with van der Waals surface area (Å²) in [5.41, 5.74) is 10.4. The summed E-state index contributed by atoms with van der Waals surface area (Å²) in [6.07, 6.45) is 2.47. The summed E-state index contributed by atoms with van der Waals surface area (Å²) in [5.74, 6) is 0.895. The van der Waals surface area contributed by atoms with E-state index in [1.54, 1.807) is 12.3 Å². The largest absolute Gasteiger partial charge is 0.398 e. The number of aromatic nitrogens is 3. The van der Waals surface area contributed by atoms with Gasteiger partial charge in [-0.3, -0.25) is 15.1 Å². The third-order valence-corrected chi connectivity index (χ3v) is 5.76. The number of pyridine rings is 1. The minimum Gasteiger partial charge on any atom is -0.398 e. The molecule has 8 heteroatoms. The average Bonchev–Trinajstić information content (AvgIpc) is 3.29. The Balaban J connectivity index is 1.23. The maximum atomic E-state index is 12.8. The van der Waals surface area contributed by atoms with Crippen molar-refractivity contribution in [3.63, 3.8) is 0 Å². The van der Waals surface area contributed by atoms with E-state index >= 15 is 0 Å². The lowest BCUT2D eigenvalue weighted by Crippen LogP contribution is -2.37. The molecular weight excluding hydrogens is 400 g/mol. The molecule has 30 heavy (non-hydrogen) atoms. The molecule has 0 spiro atoms. The van der Waals surface area contributed by atoms with Gasteiger partial charge in [-0.25, -0.2) is 4.98 Å². The summed E-state index contributed by atoms with van der Waals surface area (Å²) >= 11 is 6.03. The van der Waals surface area contributed by atoms with Gasteiger partial charge in [-0.15, -0.1) is 0 Å². The van der Waals surface area contributed by atoms with Crippen LogP contribution in [-0.2, 0) is 17.9 Å². The van der Waals surface area contributed by atoms with E-state index in [2.05, 4.69) is 20.3 Å². The summed E-state index contributed by atoms with van der Waals surface area (Å²) < 4.78 is 0. The van der Waals surface area contributed by atoms with Crippen molar-refractivity contribution in [3.8, 4) is 0 Å². The first-order valence-electron chi connectivity index (χ1n) is 9.86. The maximum absolute atomic E-state index is 12.8. The van der Waals surface area contributed by atoms with E-state index in [1.165, 1.54) is 0 Å². The van der Waals surface area contributed by atoms with Gasteiger partial charge in [-0.1, -0.05) is 23.7 Å². The topological polar surface area (TPSA) is 99.9 Å². The molecule has 4 N–H and O–H groups in total. The van der Waals surface area contributed by atoms with Crippen LogP contribution in [0.4, 0.5) is 5.69 Å². The van der Waals surface area contributed by atoms with Crippen molar-refractivity contribution in [1.82, 2.24) is 25.2 Å². The number of nitrogens with two attached hydrogens (primary N) is 1. The molecule has 1 unspecified atom stereocenters. The number of hydrogen-bond donors (Lipinski definition) is 3. The number of rotatable bonds is 5. The first kappa shape index (κ1) is 18.8. The van der Waals surface area contributed by atoms with Crippen LogP contribution in [0, 0.1) is 0 Å². The van der Waals surface area contributed by atoms with Crippen LogP contribution in [-0.4, -0.2) is 38.3 Å². The van der Waals surface area contributed by atoms with Gasteiger partial charge in [0.1, 0.15) is 5.82 Å². The number of H-pyrrole nitrogens is 1. The van der Waals surface area contributed by atoms with Gasteiger partial charge >= 0.3 is 0 Å². The summed E-state index contributed by atoms with van der Waals surface area (Å²) in [7, 11) is 0. The highest BCUT2D eigenvalue weighted by molar-refractivity contribution is 6.31. The molecule has 2 aromatic carbocycles. The molecule has 0 radical (unpaired) electrons. The Bertz CT molecular complexity index is 1250. The van der Waals surface area contributed by atoms with Crippen molar-refractivity contribution < 1.29 is 4.79 Å². The van der Waals surface area contributed by atoms with Gasteiger partial charge in [0.15, 0.2) is 0 Å². The van der Waals surface area contributed by atoms with E-state index in [4.69, 9.17) is 17.3 Å². The number of amides is 1. The van der Waals surface area contributed by atoms with E-state index in [0.29, 0.717) is 30.3 Å². The van der Waals surface area contributed by atoms with E-state index < -0.39 is 0 Å². The van der Waals surface area contributed by atoms with Crippen molar-refractivity contribution in [2.45, 2.75) is 25.6 Å². The Morgan fingerprint density at radius 2 is 2.10 bits per heavy atom. The van der Waals surface area contributed by atoms with E-state index in [0.717, 1.165) is 39.7 Å². The molecule has 1 atom stereocenters. The minimum absolute atomic E-state index is 0.106. The van der Waals surface area contributed by atoms with Crippen LogP contribution in [0.5, 0.6) is 0 Å². The molecule has 0 aliphatic carbocycles. The Morgan fingerprint density at radius 3 is 3.00 bits per heavy atom. The first-order chi connectivity index (χ1) is 14.6. The zero-order chi connectivity index (χ0) is 20.7. The molecular formula is C22H21ClN6O. The van der Waals surface area contributed by atoms with Crippen LogP contribution < -0.4 is 11.1 Å². The van der Waals surface area contributed by atoms with Crippen molar-refractivity contribution in [2.24, 2.45) is 0 Å². The Morgan fingerprint density at radius 1 is 1.20 bits per heavy atom. The standard InChI is InChI=1S/C22H21ClN6O/c23-14-2-4-17-20(10-14)28-21(27-17)11-26-18-6-8-29(22(18)30)12-13-1-3-15-16(24)5-7-25-19(15)9-13/h1-5,7,9-10,18,26H,6,8,11-12H2,(H2,24,25)(H,27,28). The minimum atomic E-state index is -0.212. The van der Waals surface area contributed by atoms with Crippen LogP contribution in [0.1, 0.15) is 17.8 Å². The van der Waals surface area contributed by atoms with Crippen molar-refractivity contribution in [3.05, 3.63) is 65.1 Å². The van der Waals surface area contributed by atoms with Crippen LogP contribution in [0.15, 0.2) is 48.7 Å². The van der Waals surface area contributed by atoms with E-state index in [9.17, 15) is 4.79 Å². The number of hydrogen-bond acceptors (Lipinski definition) is 5. The van der Waals surface area contributed by atoms with Gasteiger partial charge in [0.25, 0.3) is 0 Å². The lowest BCUT2D eigenvalue weighted by molar-refractivity contribution is -0.129. The van der Waals surface area contributed by atoms with Gasteiger partial charge in [0.2, 0.25) is 5.91 Å². The van der Waals surface area contributed by atoms with Gasteiger partial charge in [-0.2, -0.15) is 0 Å². The van der Waals surface area contributed by atoms with Crippen LogP contribution in [0.25, 0.3) is 21.9 Å². The highest BCUT2D eigenvalue weighted by Crippen LogP contribution is 2.22. The SMILES string of the molecule is Nc1ccnc2cc(CN3CCC(NCc4nc5ccc(Cl)cc5[nH]4)C3=O)ccc12. The summed E-state index contributed by atoms with van der Waals surface area (Å²) in [5, 5.41) is 4.93. The molecule has 1 amide bonds. The van der Waals surface area contributed by atoms with E-state index in [1.807, 2.05) is 41.3 Å². The number of benzene rings is 2. The second-order valence-corrected chi connectivity index (χ2v) is 8.02. The van der Waals surface area contributed by atoms with Crippen LogP contribution >= 0.6 is 11.6 Å². The number of nitrogen functional groups attached to an aromatic ring is 1. The predicted octanol–water partition coefficient (Wildman–Crippen LogP) is 3.24. The monoisotopic (exact) mass is 420 g/mol. The molecule has 0 bridgehead atoms. The highest BCUT2D eigenvalue weighted by atomic mass is 35.5. The highest BCUT2D eigenvalue weighted by Gasteiger charge is 2.31. The normalized spacial score (nSPS) is 16.8. The number of imidazole rings is 1. The predicted molar refractivity (Wildman–Crippen MR) is 118 cm³/mol. The maximum Gasteiger partial charge on any atom is 0.240 e. The molecule has 1 saturated heterocycles. The number of aromatic amines is 1. The number of carbonyl (C=O) groups is 1. The van der Waals surface area contributed by atoms with Crippen LogP contribution in [0.2, 0.25) is 5.02 Å². The number of nitrogens with one attached hydrogen (secondary N) is 2. The van der Waals surface area contributed by atoms with Crippen molar-refractivity contribution in [1.29, 1.82) is 0 Å². The second-order valence-electron chi connectivity index (χ2n) is 7.58. The van der Waals surface area contributed by atoms with Crippen molar-refractivity contribution >= 4 is 45.1 Å². The molecule has 4 aromatic rings. The number of anilines is 1. The molecule has 5 rings (SSSR count). The Kier molecular flexibility index (Phi) is 4.77. The average molecular weight is 421 g/mol. The third-order valence-electron chi connectivity index (χ3n) is 5.52. The fourth-order valence-electron chi connectivity index (χ4n) is 3.96. The zero-order valence-electron chi connectivity index (χ0n) is 16.2. The lowest BCUT2D eigenvalue weighted by atomic mass is 10.1. The van der Waals surface area contributed by atoms with Crippen molar-refractivity contribution in [2.75, 3.05) is 12.3 Å². The second kappa shape index (κ2) is 7.59. The van der Waals surface area contributed by atoms with E-state index in [-0.39, 0.29) is 11.9 Å². The quantitative estimate of drug-likeness (QED) is 0.460. The van der Waals surface area contributed by atoms with Gasteiger partial charge in [0, 0.05) is 35.4 Å².